The predicted octanol–water partition coefficient (Wildman–Crippen LogP) is 4.31. The second-order valence-corrected chi connectivity index (χ2v) is 4.94. The van der Waals surface area contributed by atoms with Gasteiger partial charge in [-0.15, -0.1) is 0 Å². The van der Waals surface area contributed by atoms with E-state index in [2.05, 4.69) is 31.9 Å². The number of rotatable bonds is 2. The van der Waals surface area contributed by atoms with Crippen molar-refractivity contribution >= 4 is 37.6 Å². The highest BCUT2D eigenvalue weighted by molar-refractivity contribution is 9.10. The molecule has 2 nitrogen and oxygen atoms in total. The van der Waals surface area contributed by atoms with Crippen LogP contribution in [-0.4, -0.2) is 5.78 Å². The van der Waals surface area contributed by atoms with E-state index >= 15 is 0 Å². The zero-order valence-corrected chi connectivity index (χ0v) is 11.3. The van der Waals surface area contributed by atoms with Crippen molar-refractivity contribution in [2.75, 3.05) is 0 Å². The first-order valence-electron chi connectivity index (χ1n) is 4.43. The van der Waals surface area contributed by atoms with E-state index in [4.69, 9.17) is 4.42 Å². The fourth-order valence-corrected chi connectivity index (χ4v) is 2.11. The smallest absolute Gasteiger partial charge is 0.235 e. The molecule has 1 heterocycles. The molecule has 0 saturated carbocycles. The monoisotopic (exact) mass is 364 g/mol. The van der Waals surface area contributed by atoms with Gasteiger partial charge < -0.3 is 4.42 Å². The summed E-state index contributed by atoms with van der Waals surface area (Å²) in [5.41, 5.74) is -0.635. The molecule has 0 fully saturated rings. The number of hydrogen-bond acceptors (Lipinski definition) is 2. The third-order valence-corrected chi connectivity index (χ3v) is 3.14. The minimum atomic E-state index is -0.940. The number of furan rings is 1. The van der Waals surface area contributed by atoms with E-state index < -0.39 is 23.0 Å². The Morgan fingerprint density at radius 1 is 1.18 bits per heavy atom. The van der Waals surface area contributed by atoms with Gasteiger partial charge in [0.1, 0.15) is 11.6 Å². The van der Waals surface area contributed by atoms with Crippen LogP contribution in [0.4, 0.5) is 8.78 Å². The molecule has 0 bridgehead atoms. The fraction of sp³-hybridized carbons (Fsp3) is 0. The zero-order chi connectivity index (χ0) is 12.6. The Kier molecular flexibility index (Phi) is 3.44. The molecule has 2 aromatic rings. The lowest BCUT2D eigenvalue weighted by atomic mass is 10.1. The van der Waals surface area contributed by atoms with Gasteiger partial charge in [0.15, 0.2) is 5.76 Å². The van der Waals surface area contributed by atoms with Gasteiger partial charge in [0, 0.05) is 4.47 Å². The van der Waals surface area contributed by atoms with E-state index in [0.717, 1.165) is 12.1 Å². The maximum absolute atomic E-state index is 13.5. The van der Waals surface area contributed by atoms with Crippen LogP contribution in [0.2, 0.25) is 0 Å². The van der Waals surface area contributed by atoms with Crippen LogP contribution < -0.4 is 0 Å². The largest absolute Gasteiger partial charge is 0.460 e. The Hall–Kier alpha value is -1.01. The summed E-state index contributed by atoms with van der Waals surface area (Å²) in [6, 6.07) is 3.52. The fourth-order valence-electron chi connectivity index (χ4n) is 1.33. The van der Waals surface area contributed by atoms with Gasteiger partial charge in [0.2, 0.25) is 5.78 Å². The first-order valence-corrected chi connectivity index (χ1v) is 6.01. The van der Waals surface area contributed by atoms with Gasteiger partial charge >= 0.3 is 0 Å². The first-order chi connectivity index (χ1) is 8.00. The highest BCUT2D eigenvalue weighted by Crippen LogP contribution is 2.26. The summed E-state index contributed by atoms with van der Waals surface area (Å²) in [6.07, 6.45) is 1.26. The lowest BCUT2D eigenvalue weighted by molar-refractivity contribution is 0.1000. The van der Waals surface area contributed by atoms with Crippen LogP contribution in [0.3, 0.4) is 0 Å². The van der Waals surface area contributed by atoms with Crippen LogP contribution in [-0.2, 0) is 0 Å². The van der Waals surface area contributed by atoms with Crippen LogP contribution in [0.15, 0.2) is 37.8 Å². The topological polar surface area (TPSA) is 30.2 Å². The minimum Gasteiger partial charge on any atom is -0.460 e. The summed E-state index contributed by atoms with van der Waals surface area (Å²) in [4.78, 5) is 11.9. The van der Waals surface area contributed by atoms with Crippen molar-refractivity contribution < 1.29 is 18.0 Å². The van der Waals surface area contributed by atoms with Gasteiger partial charge in [-0.05, 0) is 34.1 Å². The zero-order valence-electron chi connectivity index (χ0n) is 8.14. The molecule has 0 N–H and O–H groups in total. The average Bonchev–Trinajstić information content (AvgIpc) is 2.62. The van der Waals surface area contributed by atoms with E-state index in [1.165, 1.54) is 12.3 Å². The quantitative estimate of drug-likeness (QED) is 0.742. The number of carbonyl (C=O) groups excluding carboxylic acids is 1. The van der Waals surface area contributed by atoms with Gasteiger partial charge in [0.25, 0.3) is 0 Å². The Morgan fingerprint density at radius 3 is 2.24 bits per heavy atom. The molecule has 17 heavy (non-hydrogen) atoms. The maximum Gasteiger partial charge on any atom is 0.235 e. The van der Waals surface area contributed by atoms with Crippen molar-refractivity contribution in [3.8, 4) is 0 Å². The molecule has 1 aromatic heterocycles. The van der Waals surface area contributed by atoms with E-state index in [9.17, 15) is 13.6 Å². The van der Waals surface area contributed by atoms with Crippen LogP contribution >= 0.6 is 31.9 Å². The standard InChI is InChI=1S/C11H4Br2F2O2/c12-5-3-7(14)9(8(15)4-5)10(16)11-6(13)1-2-17-11/h1-4H. The van der Waals surface area contributed by atoms with Crippen LogP contribution in [0, 0.1) is 11.6 Å². The molecular formula is C11H4Br2F2O2. The molecule has 2 rings (SSSR count). The Bertz CT molecular complexity index is 570. The Balaban J connectivity index is 2.56. The summed E-state index contributed by atoms with van der Waals surface area (Å²) < 4.78 is 32.5. The summed E-state index contributed by atoms with van der Waals surface area (Å²) in [5.74, 6) is -2.86. The molecule has 0 aliphatic heterocycles. The van der Waals surface area contributed by atoms with Crippen molar-refractivity contribution in [2.24, 2.45) is 0 Å². The van der Waals surface area contributed by atoms with E-state index in [-0.39, 0.29) is 10.2 Å². The summed E-state index contributed by atoms with van der Waals surface area (Å²) >= 11 is 5.99. The molecule has 0 atom stereocenters. The molecule has 0 amide bonds. The van der Waals surface area contributed by atoms with Crippen molar-refractivity contribution in [1.82, 2.24) is 0 Å². The van der Waals surface area contributed by atoms with Gasteiger partial charge in [0.05, 0.1) is 16.3 Å². The van der Waals surface area contributed by atoms with Crippen molar-refractivity contribution in [3.05, 3.63) is 56.4 Å². The summed E-state index contributed by atoms with van der Waals surface area (Å²) in [7, 11) is 0. The first kappa shape index (κ1) is 12.4. The minimum absolute atomic E-state index is 0.134. The molecule has 1 aromatic carbocycles. The van der Waals surface area contributed by atoms with Crippen LogP contribution in [0.5, 0.6) is 0 Å². The van der Waals surface area contributed by atoms with E-state index in [0.29, 0.717) is 4.47 Å². The molecule has 0 aliphatic carbocycles. The number of ketones is 1. The molecule has 0 spiro atoms. The summed E-state index contributed by atoms with van der Waals surface area (Å²) in [5, 5.41) is 0. The van der Waals surface area contributed by atoms with Crippen molar-refractivity contribution in [2.45, 2.75) is 0 Å². The predicted molar refractivity (Wildman–Crippen MR) is 63.9 cm³/mol. The molecular weight excluding hydrogens is 362 g/mol. The molecule has 0 saturated heterocycles. The second kappa shape index (κ2) is 4.70. The maximum atomic E-state index is 13.5. The Labute approximate surface area is 112 Å². The Morgan fingerprint density at radius 2 is 1.76 bits per heavy atom. The van der Waals surface area contributed by atoms with Crippen molar-refractivity contribution in [1.29, 1.82) is 0 Å². The molecule has 88 valence electrons. The van der Waals surface area contributed by atoms with Gasteiger partial charge in [-0.25, -0.2) is 8.78 Å². The second-order valence-electron chi connectivity index (χ2n) is 3.17. The molecule has 6 heteroatoms. The summed E-state index contributed by atoms with van der Waals surface area (Å²) in [6.45, 7) is 0. The highest BCUT2D eigenvalue weighted by Gasteiger charge is 2.23. The third kappa shape index (κ3) is 2.32. The lowest BCUT2D eigenvalue weighted by Gasteiger charge is -2.03. The van der Waals surface area contributed by atoms with E-state index in [1.807, 2.05) is 0 Å². The van der Waals surface area contributed by atoms with E-state index in [1.54, 1.807) is 0 Å². The molecule has 0 aliphatic rings. The number of carbonyl (C=O) groups is 1. The SMILES string of the molecule is O=C(c1occc1Br)c1c(F)cc(Br)cc1F. The van der Waals surface area contributed by atoms with Gasteiger partial charge in [-0.3, -0.25) is 4.79 Å². The van der Waals surface area contributed by atoms with Crippen molar-refractivity contribution in [3.63, 3.8) is 0 Å². The number of benzene rings is 1. The van der Waals surface area contributed by atoms with Crippen LogP contribution in [0.1, 0.15) is 16.1 Å². The number of halogens is 4. The normalized spacial score (nSPS) is 10.6. The highest BCUT2D eigenvalue weighted by atomic mass is 79.9. The van der Waals surface area contributed by atoms with Gasteiger partial charge in [-0.1, -0.05) is 15.9 Å². The van der Waals surface area contributed by atoms with Gasteiger partial charge in [-0.2, -0.15) is 0 Å². The third-order valence-electron chi connectivity index (χ3n) is 2.06. The number of hydrogen-bond donors (Lipinski definition) is 0. The lowest BCUT2D eigenvalue weighted by Crippen LogP contribution is -2.07. The van der Waals surface area contributed by atoms with Crippen LogP contribution in [0.25, 0.3) is 0 Å². The molecule has 0 unspecified atom stereocenters. The average molecular weight is 366 g/mol. The molecule has 0 radical (unpaired) electrons.